The molecule has 1 radical (unpaired) electrons. The van der Waals surface area contributed by atoms with Gasteiger partial charge in [-0.05, 0) is 13.3 Å². The maximum Gasteiger partial charge on any atom is 0.413 e. The van der Waals surface area contributed by atoms with Gasteiger partial charge in [-0.15, -0.1) is 0 Å². The molecule has 0 aliphatic heterocycles. The van der Waals surface area contributed by atoms with Crippen LogP contribution in [0.2, 0.25) is 0 Å². The van der Waals surface area contributed by atoms with Gasteiger partial charge in [-0.1, -0.05) is 26.2 Å². The van der Waals surface area contributed by atoms with Crippen LogP contribution in [0.25, 0.3) is 0 Å². The number of carbonyl (C=O) groups excluding carboxylic acids is 1. The van der Waals surface area contributed by atoms with Gasteiger partial charge in [0.1, 0.15) is 0 Å². The Kier molecular flexibility index (Phi) is 8.75. The van der Waals surface area contributed by atoms with Crippen molar-refractivity contribution < 1.29 is 19.0 Å². The topological polar surface area (TPSA) is 48.0 Å². The summed E-state index contributed by atoms with van der Waals surface area (Å²) in [7, 11) is 3.01. The molecule has 5 heteroatoms. The summed E-state index contributed by atoms with van der Waals surface area (Å²) < 4.78 is 15.6. The van der Waals surface area contributed by atoms with E-state index in [4.69, 9.17) is 14.2 Å². The number of hydrogen-bond donors (Lipinski definition) is 0. The summed E-state index contributed by atoms with van der Waals surface area (Å²) in [6.07, 6.45) is 3.43. The molecule has 0 rings (SSSR count). The maximum absolute atomic E-state index is 11.9. The molecule has 0 spiro atoms. The number of methoxy groups -OCH3 is 2. The fourth-order valence-corrected chi connectivity index (χ4v) is 1.59. The molecule has 0 aliphatic rings. The normalized spacial score (nSPS) is 11.4. The van der Waals surface area contributed by atoms with Gasteiger partial charge in [0.15, 0.2) is 0 Å². The molecule has 0 saturated carbocycles. The Morgan fingerprint density at radius 1 is 1.22 bits per heavy atom. The third kappa shape index (κ3) is 5.23. The van der Waals surface area contributed by atoms with E-state index in [9.17, 15) is 4.79 Å². The third-order valence-corrected chi connectivity index (χ3v) is 2.87. The Morgan fingerprint density at radius 3 is 2.28 bits per heavy atom. The van der Waals surface area contributed by atoms with Gasteiger partial charge in [0.2, 0.25) is 0 Å². The van der Waals surface area contributed by atoms with Crippen LogP contribution in [0.4, 0.5) is 4.79 Å². The Labute approximate surface area is 110 Å². The SMILES string of the molecule is [CH2]CCCCCN(C(=O)OCC)C(C)(OC)OC. The van der Waals surface area contributed by atoms with Crippen molar-refractivity contribution in [3.8, 4) is 0 Å². The molecule has 0 heterocycles. The number of unbranched alkanes of at least 4 members (excludes halogenated alkanes) is 3. The first-order valence-corrected chi connectivity index (χ1v) is 6.39. The number of ether oxygens (including phenoxy) is 3. The van der Waals surface area contributed by atoms with E-state index in [0.29, 0.717) is 13.2 Å². The first kappa shape index (κ1) is 17.2. The minimum atomic E-state index is -1.09. The minimum absolute atomic E-state index is 0.331. The summed E-state index contributed by atoms with van der Waals surface area (Å²) in [4.78, 5) is 13.4. The van der Waals surface area contributed by atoms with Crippen LogP contribution in [0.15, 0.2) is 0 Å². The summed E-state index contributed by atoms with van der Waals surface area (Å²) in [6, 6.07) is 0. The van der Waals surface area contributed by atoms with Crippen LogP contribution < -0.4 is 0 Å². The van der Waals surface area contributed by atoms with E-state index < -0.39 is 12.0 Å². The Hall–Kier alpha value is -0.810. The lowest BCUT2D eigenvalue weighted by atomic mass is 10.2. The van der Waals surface area contributed by atoms with Crippen molar-refractivity contribution in [3.63, 3.8) is 0 Å². The van der Waals surface area contributed by atoms with Gasteiger partial charge in [-0.25, -0.2) is 4.79 Å². The standard InChI is InChI=1S/C13H26NO4/c1-6-8-9-10-11-14(12(15)18-7-2)13(3,16-4)17-5/h1,6-11H2,2-5H3. The van der Waals surface area contributed by atoms with E-state index in [1.165, 1.54) is 19.1 Å². The summed E-state index contributed by atoms with van der Waals surface area (Å²) in [5.41, 5.74) is 0. The molecule has 0 aromatic rings. The number of hydrogen-bond acceptors (Lipinski definition) is 4. The lowest BCUT2D eigenvalue weighted by Gasteiger charge is -2.37. The van der Waals surface area contributed by atoms with Crippen molar-refractivity contribution in [2.75, 3.05) is 27.4 Å². The van der Waals surface area contributed by atoms with Gasteiger partial charge in [0.25, 0.3) is 5.91 Å². The summed E-state index contributed by atoms with van der Waals surface area (Å²) in [5.74, 6) is -1.09. The van der Waals surface area contributed by atoms with Crippen LogP contribution in [-0.4, -0.2) is 44.3 Å². The van der Waals surface area contributed by atoms with Crippen LogP contribution in [0.1, 0.15) is 39.5 Å². The average molecular weight is 260 g/mol. The van der Waals surface area contributed by atoms with E-state index in [1.54, 1.807) is 13.8 Å². The van der Waals surface area contributed by atoms with Crippen molar-refractivity contribution >= 4 is 6.09 Å². The Balaban J connectivity index is 4.56. The van der Waals surface area contributed by atoms with Gasteiger partial charge >= 0.3 is 6.09 Å². The monoisotopic (exact) mass is 260 g/mol. The zero-order valence-corrected chi connectivity index (χ0v) is 12.0. The summed E-state index contributed by atoms with van der Waals surface area (Å²) in [5, 5.41) is 0. The number of nitrogens with zero attached hydrogens (tertiary/aromatic N) is 1. The lowest BCUT2D eigenvalue weighted by Crippen LogP contribution is -2.53. The highest BCUT2D eigenvalue weighted by Gasteiger charge is 2.36. The molecule has 107 valence electrons. The van der Waals surface area contributed by atoms with Crippen molar-refractivity contribution in [1.29, 1.82) is 0 Å². The largest absolute Gasteiger partial charge is 0.450 e. The molecule has 0 bridgehead atoms. The van der Waals surface area contributed by atoms with Gasteiger partial charge in [-0.3, -0.25) is 4.90 Å². The van der Waals surface area contributed by atoms with E-state index >= 15 is 0 Å². The maximum atomic E-state index is 11.9. The summed E-state index contributed by atoms with van der Waals surface area (Å²) in [6.45, 7) is 8.14. The quantitative estimate of drug-likeness (QED) is 0.472. The fraction of sp³-hybridized carbons (Fsp3) is 0.846. The highest BCUT2D eigenvalue weighted by molar-refractivity contribution is 5.68. The number of amides is 1. The molecule has 0 aromatic carbocycles. The van der Waals surface area contributed by atoms with Crippen molar-refractivity contribution in [1.82, 2.24) is 4.90 Å². The van der Waals surface area contributed by atoms with Gasteiger partial charge in [0.05, 0.1) is 6.61 Å². The predicted molar refractivity (Wildman–Crippen MR) is 70.0 cm³/mol. The smallest absolute Gasteiger partial charge is 0.413 e. The fourth-order valence-electron chi connectivity index (χ4n) is 1.59. The van der Waals surface area contributed by atoms with Crippen LogP contribution in [0.5, 0.6) is 0 Å². The molecule has 5 nitrogen and oxygen atoms in total. The highest BCUT2D eigenvalue weighted by atomic mass is 16.7. The molecule has 1 amide bonds. The Bertz CT molecular complexity index is 229. The van der Waals surface area contributed by atoms with Gasteiger partial charge in [0, 0.05) is 27.7 Å². The number of carbonyl (C=O) groups is 1. The molecular weight excluding hydrogens is 234 g/mol. The van der Waals surface area contributed by atoms with Gasteiger partial charge in [-0.2, -0.15) is 0 Å². The first-order valence-electron chi connectivity index (χ1n) is 6.39. The second kappa shape index (κ2) is 9.16. The van der Waals surface area contributed by atoms with Crippen molar-refractivity contribution in [2.24, 2.45) is 0 Å². The third-order valence-electron chi connectivity index (χ3n) is 2.87. The van der Waals surface area contributed by atoms with Crippen LogP contribution >= 0.6 is 0 Å². The van der Waals surface area contributed by atoms with Crippen LogP contribution in [0.3, 0.4) is 0 Å². The molecule has 0 saturated heterocycles. The van der Waals surface area contributed by atoms with Crippen molar-refractivity contribution in [2.45, 2.75) is 45.4 Å². The molecule has 0 aliphatic carbocycles. The van der Waals surface area contributed by atoms with E-state index in [2.05, 4.69) is 6.92 Å². The second-order valence-corrected chi connectivity index (χ2v) is 4.07. The van der Waals surface area contributed by atoms with E-state index in [-0.39, 0.29) is 0 Å². The van der Waals surface area contributed by atoms with E-state index in [0.717, 1.165) is 25.7 Å². The molecule has 0 atom stereocenters. The Morgan fingerprint density at radius 2 is 1.83 bits per heavy atom. The van der Waals surface area contributed by atoms with Crippen molar-refractivity contribution in [3.05, 3.63) is 6.92 Å². The summed E-state index contributed by atoms with van der Waals surface area (Å²) >= 11 is 0. The zero-order chi connectivity index (χ0) is 14.0. The molecule has 18 heavy (non-hydrogen) atoms. The lowest BCUT2D eigenvalue weighted by molar-refractivity contribution is -0.270. The molecule has 0 N–H and O–H groups in total. The second-order valence-electron chi connectivity index (χ2n) is 4.07. The highest BCUT2D eigenvalue weighted by Crippen LogP contribution is 2.19. The molecular formula is C13H26NO4. The number of rotatable bonds is 9. The molecule has 0 fully saturated rings. The van der Waals surface area contributed by atoms with Crippen LogP contribution in [-0.2, 0) is 14.2 Å². The van der Waals surface area contributed by atoms with Gasteiger partial charge < -0.3 is 14.2 Å². The van der Waals surface area contributed by atoms with E-state index in [1.807, 2.05) is 0 Å². The van der Waals surface area contributed by atoms with Crippen LogP contribution in [0, 0.1) is 6.92 Å². The first-order chi connectivity index (χ1) is 8.55. The zero-order valence-electron chi connectivity index (χ0n) is 12.0. The molecule has 0 aromatic heterocycles. The predicted octanol–water partition coefficient (Wildman–Crippen LogP) is 2.81. The minimum Gasteiger partial charge on any atom is -0.450 e. The average Bonchev–Trinajstić information content (AvgIpc) is 2.38. The molecule has 0 unspecified atom stereocenters.